The van der Waals surface area contributed by atoms with E-state index >= 15 is 0 Å². The van der Waals surface area contributed by atoms with Crippen molar-refractivity contribution in [1.29, 1.82) is 0 Å². The number of carbonyl (C=O) groups is 2. The van der Waals surface area contributed by atoms with Gasteiger partial charge >= 0.3 is 59.1 Å². The molecule has 2 aliphatic heterocycles. The summed E-state index contributed by atoms with van der Waals surface area (Å²) in [4.78, 5) is 29.0. The van der Waals surface area contributed by atoms with E-state index in [0.717, 1.165) is 32.7 Å². The number of benzene rings is 4. The van der Waals surface area contributed by atoms with Crippen LogP contribution in [0, 0.1) is 0 Å². The van der Waals surface area contributed by atoms with E-state index in [1.54, 1.807) is 21.6 Å². The smallest absolute Gasteiger partial charge is 0.871 e. The number of allylic oxidation sites excluding steroid dienone is 5. The molecule has 0 N–H and O–H groups in total. The van der Waals surface area contributed by atoms with Crippen molar-refractivity contribution in [1.82, 2.24) is 0 Å². The first kappa shape index (κ1) is 42.2. The van der Waals surface area contributed by atoms with Gasteiger partial charge in [0.25, 0.3) is 0 Å². The van der Waals surface area contributed by atoms with E-state index in [2.05, 4.69) is 0 Å². The fraction of sp³-hybridized carbons (Fsp3) is 0.256. The molecule has 0 spiro atoms. The van der Waals surface area contributed by atoms with E-state index in [0.29, 0.717) is 22.8 Å². The number of nitrogens with zero attached hydrogens (tertiary/aromatic N) is 2. The van der Waals surface area contributed by atoms with Gasteiger partial charge in [-0.2, -0.15) is 4.58 Å². The fourth-order valence-corrected chi connectivity index (χ4v) is 8.82. The zero-order valence-corrected chi connectivity index (χ0v) is 36.4. The van der Waals surface area contributed by atoms with Crippen LogP contribution in [0.1, 0.15) is 38.8 Å². The first-order valence-electron chi connectivity index (χ1n) is 16.6. The molecular formula is C39H34N2Na2O9S2. The van der Waals surface area contributed by atoms with Crippen LogP contribution in [0.4, 0.5) is 11.4 Å². The molecule has 0 aromatic heterocycles. The van der Waals surface area contributed by atoms with Crippen molar-refractivity contribution in [3.05, 3.63) is 119 Å². The molecule has 11 nitrogen and oxygen atoms in total. The first-order valence-corrected chi connectivity index (χ1v) is 19.8. The molecule has 0 bridgehead atoms. The van der Waals surface area contributed by atoms with Gasteiger partial charge in [0.05, 0.1) is 27.0 Å². The van der Waals surface area contributed by atoms with E-state index in [9.17, 15) is 40.6 Å². The Labute approximate surface area is 358 Å². The zero-order chi connectivity index (χ0) is 37.5. The number of hydrogen-bond acceptors (Lipinski definition) is 10. The molecule has 4 aromatic carbocycles. The third-order valence-corrected chi connectivity index (χ3v) is 11.7. The molecule has 4 aromatic rings. The molecule has 15 heteroatoms. The zero-order valence-electron chi connectivity index (χ0n) is 30.8. The van der Waals surface area contributed by atoms with Crippen LogP contribution < -0.4 is 69.1 Å². The Kier molecular flexibility index (Phi) is 11.6. The van der Waals surface area contributed by atoms with E-state index in [-0.39, 0.29) is 72.2 Å². The minimum atomic E-state index is -4.65. The van der Waals surface area contributed by atoms with Crippen molar-refractivity contribution in [2.75, 3.05) is 29.5 Å². The Morgan fingerprint density at radius 1 is 0.704 bits per heavy atom. The average Bonchev–Trinajstić information content (AvgIpc) is 3.52. The van der Waals surface area contributed by atoms with Crippen LogP contribution in [0.2, 0.25) is 0 Å². The Morgan fingerprint density at radius 3 is 1.85 bits per heavy atom. The molecule has 54 heavy (non-hydrogen) atoms. The summed E-state index contributed by atoms with van der Waals surface area (Å²) in [5.74, 6) is -4.44. The summed E-state index contributed by atoms with van der Waals surface area (Å²) in [7, 11) is -9.30. The summed E-state index contributed by atoms with van der Waals surface area (Å²) in [6, 6.07) is 22.5. The van der Waals surface area contributed by atoms with Gasteiger partial charge in [0, 0.05) is 52.2 Å². The minimum Gasteiger partial charge on any atom is -0.871 e. The topological polar surface area (TPSA) is 178 Å². The number of carbonyl (C=O) groups excluding carboxylic acids is 2. The SMILES string of the molecule is CC1(C)C(/C=C2\C(=O)C(=O)C(/C=C3/N(CCS(=O)(=O)[O-])c4ccc5ccccc5c4C3(C)C)=C2[O-])=[N+](CCS(=O)(=O)[O-])c2ccc3ccccc3c21.[Na+].[Na+]. The maximum absolute atomic E-state index is 14.2. The van der Waals surface area contributed by atoms with Gasteiger partial charge in [-0.25, -0.2) is 16.8 Å². The molecule has 0 saturated carbocycles. The maximum Gasteiger partial charge on any atom is 1.00 e. The summed E-state index contributed by atoms with van der Waals surface area (Å²) in [6.07, 6.45) is 2.65. The summed E-state index contributed by atoms with van der Waals surface area (Å²) < 4.78 is 72.4. The van der Waals surface area contributed by atoms with Gasteiger partial charge < -0.3 is 19.1 Å². The van der Waals surface area contributed by atoms with Crippen LogP contribution in [-0.2, 0) is 40.7 Å². The van der Waals surface area contributed by atoms with Crippen molar-refractivity contribution >= 4 is 70.4 Å². The molecule has 3 aliphatic rings. The third-order valence-electron chi connectivity index (χ3n) is 10.4. The second-order valence-electron chi connectivity index (χ2n) is 14.3. The van der Waals surface area contributed by atoms with Gasteiger partial charge in [-0.15, -0.1) is 0 Å². The minimum absolute atomic E-state index is 0. The quantitative estimate of drug-likeness (QED) is 0.0629. The van der Waals surface area contributed by atoms with Crippen LogP contribution in [0.5, 0.6) is 0 Å². The van der Waals surface area contributed by atoms with Gasteiger partial charge in [-0.3, -0.25) is 9.59 Å². The van der Waals surface area contributed by atoms with E-state index < -0.39 is 71.0 Å². The van der Waals surface area contributed by atoms with Crippen molar-refractivity contribution in [3.8, 4) is 0 Å². The van der Waals surface area contributed by atoms with Gasteiger partial charge in [0.1, 0.15) is 10.1 Å². The number of anilines is 1. The number of Topliss-reactive ketones (excluding diaryl/α,β-unsaturated/α-hetero) is 2. The molecule has 0 amide bonds. The van der Waals surface area contributed by atoms with E-state index in [4.69, 9.17) is 0 Å². The van der Waals surface area contributed by atoms with Crippen molar-refractivity contribution in [2.24, 2.45) is 0 Å². The van der Waals surface area contributed by atoms with E-state index in [1.807, 2.05) is 88.4 Å². The van der Waals surface area contributed by atoms with Gasteiger partial charge in [0.15, 0.2) is 12.3 Å². The third kappa shape index (κ3) is 7.24. The number of rotatable bonds is 8. The second-order valence-corrected chi connectivity index (χ2v) is 17.4. The fourth-order valence-electron chi connectivity index (χ4n) is 8.01. The Morgan fingerprint density at radius 2 is 1.26 bits per heavy atom. The molecule has 268 valence electrons. The Balaban J connectivity index is 0.00000280. The number of fused-ring (bicyclic) bond motifs is 6. The first-order chi connectivity index (χ1) is 24.3. The van der Waals surface area contributed by atoms with Crippen LogP contribution in [0.25, 0.3) is 21.5 Å². The van der Waals surface area contributed by atoms with Gasteiger partial charge in [-0.05, 0) is 59.2 Å². The molecule has 0 atom stereocenters. The standard InChI is InChI=1S/C39H36N2O9S2.2Na/c1-38(2)31(40(17-19-51(45,46)47)29-15-13-23-9-5-7-11-25(23)33(29)38)21-27-35(42)28(37(44)36(27)43)22-32-39(3,4)34-26-12-8-6-10-24(26)14-16-30(34)41(32)18-20-52(48,49)50;;/h5-16,21-22H,17-20H2,1-4H3,(H2-,42,43,44,45,46,47,48,49,50);;/q;2*+1/p-2. The Hall–Kier alpha value is -2.95. The molecule has 2 heterocycles. The summed E-state index contributed by atoms with van der Waals surface area (Å²) in [6.45, 7) is 6.93. The normalized spacial score (nSPS) is 19.2. The van der Waals surface area contributed by atoms with Crippen LogP contribution >= 0.6 is 0 Å². The number of hydrogen-bond donors (Lipinski definition) is 0. The van der Waals surface area contributed by atoms with Gasteiger partial charge in [-0.1, -0.05) is 74.2 Å². The molecule has 0 radical (unpaired) electrons. The summed E-state index contributed by atoms with van der Waals surface area (Å²) >= 11 is 0. The van der Waals surface area contributed by atoms with Crippen molar-refractivity contribution in [3.63, 3.8) is 0 Å². The monoisotopic (exact) mass is 784 g/mol. The van der Waals surface area contributed by atoms with Gasteiger partial charge in [0.2, 0.25) is 17.3 Å². The molecular weight excluding hydrogens is 751 g/mol. The molecule has 1 aliphatic carbocycles. The molecule has 0 saturated heterocycles. The molecule has 0 unspecified atom stereocenters. The predicted octanol–water partition coefficient (Wildman–Crippen LogP) is -2.16. The maximum atomic E-state index is 14.2. The van der Waals surface area contributed by atoms with Crippen molar-refractivity contribution in [2.45, 2.75) is 38.5 Å². The van der Waals surface area contributed by atoms with Crippen LogP contribution in [0.15, 0.2) is 108 Å². The second kappa shape index (κ2) is 14.8. The summed E-state index contributed by atoms with van der Waals surface area (Å²) in [5.41, 5.74) is 0.906. The van der Waals surface area contributed by atoms with Crippen LogP contribution in [0.3, 0.4) is 0 Å². The molecule has 0 fully saturated rings. The average molecular weight is 785 g/mol. The largest absolute Gasteiger partial charge is 1.00 e. The van der Waals surface area contributed by atoms with Crippen molar-refractivity contribution < 1.29 is 104 Å². The summed E-state index contributed by atoms with van der Waals surface area (Å²) in [5, 5.41) is 17.8. The van der Waals surface area contributed by atoms with Crippen LogP contribution in [-0.4, -0.2) is 72.4 Å². The van der Waals surface area contributed by atoms with E-state index in [1.165, 1.54) is 12.2 Å². The number of ketones is 2. The predicted molar refractivity (Wildman–Crippen MR) is 193 cm³/mol. The molecule has 7 rings (SSSR count). The Bertz CT molecular complexity index is 2640.